The molecule has 5 nitrogen and oxygen atoms in total. The number of likely N-dealkylation sites (tertiary alicyclic amines) is 1. The first-order chi connectivity index (χ1) is 12.6. The quantitative estimate of drug-likeness (QED) is 0.805. The van der Waals surface area contributed by atoms with Gasteiger partial charge in [0.05, 0.1) is 23.2 Å². The van der Waals surface area contributed by atoms with Crippen LogP contribution in [0.25, 0.3) is 0 Å². The summed E-state index contributed by atoms with van der Waals surface area (Å²) in [6.45, 7) is 2.82. The van der Waals surface area contributed by atoms with Gasteiger partial charge in [0.25, 0.3) is 5.91 Å². The van der Waals surface area contributed by atoms with Gasteiger partial charge in [-0.2, -0.15) is 5.26 Å². The van der Waals surface area contributed by atoms with E-state index in [0.717, 1.165) is 6.42 Å². The summed E-state index contributed by atoms with van der Waals surface area (Å²) in [5.74, 6) is 1.04. The molecule has 2 aromatic carbocycles. The van der Waals surface area contributed by atoms with Crippen LogP contribution in [0.3, 0.4) is 0 Å². The normalized spacial score (nSPS) is 17.4. The Morgan fingerprint density at radius 1 is 1.31 bits per heavy atom. The molecular weight excluding hydrogens is 352 g/mol. The van der Waals surface area contributed by atoms with Gasteiger partial charge in [0.15, 0.2) is 6.10 Å². The van der Waals surface area contributed by atoms with Crippen LogP contribution in [0.4, 0.5) is 0 Å². The molecule has 1 saturated heterocycles. The van der Waals surface area contributed by atoms with Crippen molar-refractivity contribution in [1.82, 2.24) is 4.90 Å². The van der Waals surface area contributed by atoms with Crippen molar-refractivity contribution >= 4 is 17.5 Å². The van der Waals surface area contributed by atoms with E-state index < -0.39 is 6.10 Å². The minimum absolute atomic E-state index is 0.0898. The average molecular weight is 371 g/mol. The van der Waals surface area contributed by atoms with Crippen LogP contribution in [0.2, 0.25) is 5.02 Å². The Morgan fingerprint density at radius 3 is 2.88 bits per heavy atom. The van der Waals surface area contributed by atoms with Gasteiger partial charge in [-0.25, -0.2) is 0 Å². The molecule has 0 bridgehead atoms. The maximum atomic E-state index is 12.6. The summed E-state index contributed by atoms with van der Waals surface area (Å²) in [7, 11) is 0. The third-order valence-electron chi connectivity index (χ3n) is 4.21. The fraction of sp³-hybridized carbons (Fsp3) is 0.300. The van der Waals surface area contributed by atoms with E-state index in [1.807, 2.05) is 18.2 Å². The van der Waals surface area contributed by atoms with E-state index in [9.17, 15) is 4.79 Å². The summed E-state index contributed by atoms with van der Waals surface area (Å²) < 4.78 is 11.6. The summed E-state index contributed by atoms with van der Waals surface area (Å²) in [6, 6.07) is 16.1. The number of amides is 1. The van der Waals surface area contributed by atoms with E-state index in [-0.39, 0.29) is 12.0 Å². The van der Waals surface area contributed by atoms with Crippen molar-refractivity contribution in [1.29, 1.82) is 5.26 Å². The lowest BCUT2D eigenvalue weighted by molar-refractivity contribution is -0.137. The third kappa shape index (κ3) is 4.27. The first kappa shape index (κ1) is 18.1. The Bertz CT molecular complexity index is 834. The van der Waals surface area contributed by atoms with E-state index in [2.05, 4.69) is 6.07 Å². The highest BCUT2D eigenvalue weighted by Gasteiger charge is 2.31. The lowest BCUT2D eigenvalue weighted by atomic mass is 10.2. The number of nitriles is 1. The van der Waals surface area contributed by atoms with Gasteiger partial charge in [-0.15, -0.1) is 0 Å². The highest BCUT2D eigenvalue weighted by Crippen LogP contribution is 2.27. The van der Waals surface area contributed by atoms with Gasteiger partial charge in [-0.3, -0.25) is 4.79 Å². The molecule has 1 heterocycles. The van der Waals surface area contributed by atoms with Crippen LogP contribution in [0.1, 0.15) is 18.9 Å². The Hall–Kier alpha value is -2.71. The van der Waals surface area contributed by atoms with Gasteiger partial charge >= 0.3 is 0 Å². The molecule has 0 N–H and O–H groups in total. The van der Waals surface area contributed by atoms with E-state index in [1.54, 1.807) is 42.2 Å². The number of benzene rings is 2. The van der Waals surface area contributed by atoms with E-state index in [0.29, 0.717) is 35.2 Å². The third-order valence-corrected chi connectivity index (χ3v) is 4.52. The van der Waals surface area contributed by atoms with Gasteiger partial charge in [0, 0.05) is 13.0 Å². The summed E-state index contributed by atoms with van der Waals surface area (Å²) in [6.07, 6.45) is 0.0177. The van der Waals surface area contributed by atoms with Gasteiger partial charge in [-0.05, 0) is 37.3 Å². The molecule has 0 saturated carbocycles. The molecule has 0 spiro atoms. The van der Waals surface area contributed by atoms with Crippen molar-refractivity contribution in [3.63, 3.8) is 0 Å². The zero-order chi connectivity index (χ0) is 18.5. The Morgan fingerprint density at radius 2 is 2.12 bits per heavy atom. The second-order valence-electron chi connectivity index (χ2n) is 6.14. The SMILES string of the molecule is C[C@@H](Oc1cccc(C#N)c1)C(=O)N1CC[C@@H](Oc2ccccc2Cl)C1. The summed E-state index contributed by atoms with van der Waals surface area (Å²) >= 11 is 6.12. The molecule has 2 atom stereocenters. The topological polar surface area (TPSA) is 62.6 Å². The maximum absolute atomic E-state index is 12.6. The number of carbonyl (C=O) groups is 1. The highest BCUT2D eigenvalue weighted by atomic mass is 35.5. The van der Waals surface area contributed by atoms with E-state index >= 15 is 0 Å². The number of para-hydroxylation sites is 1. The number of carbonyl (C=O) groups excluding carboxylic acids is 1. The fourth-order valence-electron chi connectivity index (χ4n) is 2.90. The lowest BCUT2D eigenvalue weighted by Gasteiger charge is -2.22. The Kier molecular flexibility index (Phi) is 5.65. The number of ether oxygens (including phenoxy) is 2. The summed E-state index contributed by atoms with van der Waals surface area (Å²) in [5, 5.41) is 9.51. The molecule has 1 amide bonds. The maximum Gasteiger partial charge on any atom is 0.263 e. The number of halogens is 1. The minimum Gasteiger partial charge on any atom is -0.487 e. The highest BCUT2D eigenvalue weighted by molar-refractivity contribution is 6.32. The van der Waals surface area contributed by atoms with Gasteiger partial charge < -0.3 is 14.4 Å². The number of hydrogen-bond donors (Lipinski definition) is 0. The fourth-order valence-corrected chi connectivity index (χ4v) is 3.08. The standard InChI is InChI=1S/C20H19ClN2O3/c1-14(25-16-6-4-5-15(11-16)12-22)20(24)23-10-9-17(13-23)26-19-8-3-2-7-18(19)21/h2-8,11,14,17H,9-10,13H2,1H3/t14-,17-/m1/s1. The van der Waals surface area contributed by atoms with Crippen molar-refractivity contribution in [2.24, 2.45) is 0 Å². The second-order valence-corrected chi connectivity index (χ2v) is 6.55. The zero-order valence-electron chi connectivity index (χ0n) is 14.4. The van der Waals surface area contributed by atoms with E-state index in [4.69, 9.17) is 26.3 Å². The van der Waals surface area contributed by atoms with Crippen LogP contribution < -0.4 is 9.47 Å². The number of hydrogen-bond acceptors (Lipinski definition) is 4. The summed E-state index contributed by atoms with van der Waals surface area (Å²) in [4.78, 5) is 14.4. The molecule has 134 valence electrons. The lowest BCUT2D eigenvalue weighted by Crippen LogP contribution is -2.40. The van der Waals surface area contributed by atoms with Crippen molar-refractivity contribution in [2.45, 2.75) is 25.6 Å². The molecule has 3 rings (SSSR count). The van der Waals surface area contributed by atoms with Crippen molar-refractivity contribution in [2.75, 3.05) is 13.1 Å². The average Bonchev–Trinajstić information content (AvgIpc) is 3.11. The van der Waals surface area contributed by atoms with Gasteiger partial charge in [0.1, 0.15) is 17.6 Å². The molecular formula is C20H19ClN2O3. The second kappa shape index (κ2) is 8.11. The Labute approximate surface area is 157 Å². The van der Waals surface area contributed by atoms with E-state index in [1.165, 1.54) is 0 Å². The predicted octanol–water partition coefficient (Wildman–Crippen LogP) is 3.66. The predicted molar refractivity (Wildman–Crippen MR) is 98.3 cm³/mol. The van der Waals surface area contributed by atoms with Crippen LogP contribution in [0.15, 0.2) is 48.5 Å². The molecule has 0 aromatic heterocycles. The van der Waals surface area contributed by atoms with Crippen LogP contribution in [0.5, 0.6) is 11.5 Å². The van der Waals surface area contributed by atoms with Crippen LogP contribution in [-0.2, 0) is 4.79 Å². The first-order valence-corrected chi connectivity index (χ1v) is 8.81. The van der Waals surface area contributed by atoms with Crippen molar-refractivity contribution in [3.8, 4) is 17.6 Å². The molecule has 0 radical (unpaired) electrons. The Balaban J connectivity index is 1.57. The van der Waals surface area contributed by atoms with Gasteiger partial charge in [0.2, 0.25) is 0 Å². The molecule has 0 aliphatic carbocycles. The molecule has 1 fully saturated rings. The molecule has 26 heavy (non-hydrogen) atoms. The molecule has 2 aromatic rings. The van der Waals surface area contributed by atoms with Crippen LogP contribution in [0, 0.1) is 11.3 Å². The van der Waals surface area contributed by atoms with Crippen molar-refractivity contribution in [3.05, 3.63) is 59.1 Å². The minimum atomic E-state index is -0.636. The number of rotatable bonds is 5. The van der Waals surface area contributed by atoms with Crippen LogP contribution in [-0.4, -0.2) is 36.1 Å². The number of nitrogens with zero attached hydrogens (tertiary/aromatic N) is 2. The monoisotopic (exact) mass is 370 g/mol. The molecule has 1 aliphatic heterocycles. The first-order valence-electron chi connectivity index (χ1n) is 8.43. The molecule has 0 unspecified atom stereocenters. The smallest absolute Gasteiger partial charge is 0.263 e. The largest absolute Gasteiger partial charge is 0.487 e. The van der Waals surface area contributed by atoms with Gasteiger partial charge in [-0.1, -0.05) is 29.8 Å². The van der Waals surface area contributed by atoms with Crippen molar-refractivity contribution < 1.29 is 14.3 Å². The van der Waals surface area contributed by atoms with Crippen LogP contribution >= 0.6 is 11.6 Å². The molecule has 1 aliphatic rings. The molecule has 6 heteroatoms. The summed E-state index contributed by atoms with van der Waals surface area (Å²) in [5.41, 5.74) is 0.497. The zero-order valence-corrected chi connectivity index (χ0v) is 15.1.